The smallest absolute Gasteiger partial charge is 0.277 e. The molecule has 0 bridgehead atoms. The van der Waals surface area contributed by atoms with Crippen LogP contribution in [0, 0.1) is 0 Å². The summed E-state index contributed by atoms with van der Waals surface area (Å²) in [5.74, 6) is 0.693. The van der Waals surface area contributed by atoms with Crippen molar-refractivity contribution in [2.24, 2.45) is 5.10 Å². The van der Waals surface area contributed by atoms with Gasteiger partial charge in [0.2, 0.25) is 0 Å². The van der Waals surface area contributed by atoms with E-state index in [1.54, 1.807) is 12.1 Å². The number of aromatic hydroxyl groups is 1. The van der Waals surface area contributed by atoms with Crippen molar-refractivity contribution in [1.29, 1.82) is 0 Å². The van der Waals surface area contributed by atoms with Crippen LogP contribution in [0.1, 0.15) is 25.0 Å². The van der Waals surface area contributed by atoms with Gasteiger partial charge in [-0.15, -0.1) is 0 Å². The molecule has 0 aliphatic carbocycles. The zero-order valence-corrected chi connectivity index (χ0v) is 16.2. The molecule has 0 saturated heterocycles. The minimum Gasteiger partial charge on any atom is -0.503 e. The normalized spacial score (nSPS) is 10.7. The lowest BCUT2D eigenvalue weighted by Gasteiger charge is -2.09. The van der Waals surface area contributed by atoms with Crippen molar-refractivity contribution >= 4 is 28.1 Å². The fourth-order valence-corrected chi connectivity index (χ4v) is 2.68. The molecular formula is C19H21BrN2O4. The fraction of sp³-hybridized carbons (Fsp3) is 0.263. The molecule has 138 valence electrons. The van der Waals surface area contributed by atoms with E-state index in [-0.39, 0.29) is 18.3 Å². The van der Waals surface area contributed by atoms with Crippen LogP contribution in [0.3, 0.4) is 0 Å². The van der Waals surface area contributed by atoms with Crippen LogP contribution in [0.2, 0.25) is 0 Å². The van der Waals surface area contributed by atoms with E-state index in [4.69, 9.17) is 9.47 Å². The quantitative estimate of drug-likeness (QED) is 0.504. The Bertz CT molecular complexity index is 793. The number of nitrogens with one attached hydrogen (secondary N) is 1. The number of aryl methyl sites for hydroxylation is 1. The first-order valence-electron chi connectivity index (χ1n) is 8.23. The Hall–Kier alpha value is -2.54. The second-order valence-electron chi connectivity index (χ2n) is 5.33. The van der Waals surface area contributed by atoms with Gasteiger partial charge in [0.25, 0.3) is 5.91 Å². The number of hydrazone groups is 1. The van der Waals surface area contributed by atoms with Crippen molar-refractivity contribution in [3.8, 4) is 17.2 Å². The second kappa shape index (κ2) is 9.82. The Kier molecular flexibility index (Phi) is 7.47. The summed E-state index contributed by atoms with van der Waals surface area (Å²) in [6, 6.07) is 10.9. The average molecular weight is 421 g/mol. The van der Waals surface area contributed by atoms with Gasteiger partial charge in [0.05, 0.1) is 17.3 Å². The van der Waals surface area contributed by atoms with Gasteiger partial charge in [0.1, 0.15) is 5.75 Å². The topological polar surface area (TPSA) is 80.2 Å². The molecule has 26 heavy (non-hydrogen) atoms. The summed E-state index contributed by atoms with van der Waals surface area (Å²) in [5, 5.41) is 13.8. The third-order valence-electron chi connectivity index (χ3n) is 3.47. The van der Waals surface area contributed by atoms with Gasteiger partial charge in [-0.3, -0.25) is 4.79 Å². The summed E-state index contributed by atoms with van der Waals surface area (Å²) in [7, 11) is 0. The van der Waals surface area contributed by atoms with E-state index in [0.717, 1.165) is 12.0 Å². The Morgan fingerprint density at radius 1 is 1.23 bits per heavy atom. The standard InChI is InChI=1S/C19H21BrN2O4/c1-3-14-7-5-6-8-16(14)26-12-18(23)22-21-11-13-9-15(20)19(24)17(10-13)25-4-2/h5-11,24H,3-4,12H2,1-2H3,(H,22,23)/b21-11+. The minimum absolute atomic E-state index is 0.0241. The molecular weight excluding hydrogens is 400 g/mol. The number of carbonyl (C=O) groups excluding carboxylic acids is 1. The van der Waals surface area contributed by atoms with E-state index in [1.165, 1.54) is 6.21 Å². The largest absolute Gasteiger partial charge is 0.503 e. The molecule has 6 nitrogen and oxygen atoms in total. The molecule has 0 radical (unpaired) electrons. The molecule has 2 aromatic carbocycles. The van der Waals surface area contributed by atoms with Crippen LogP contribution in [0.4, 0.5) is 0 Å². The van der Waals surface area contributed by atoms with Crippen molar-refractivity contribution in [2.75, 3.05) is 13.2 Å². The number of hydrogen-bond donors (Lipinski definition) is 2. The number of nitrogens with zero attached hydrogens (tertiary/aromatic N) is 1. The molecule has 0 aromatic heterocycles. The van der Waals surface area contributed by atoms with Crippen LogP contribution < -0.4 is 14.9 Å². The van der Waals surface area contributed by atoms with Gasteiger partial charge in [-0.2, -0.15) is 5.10 Å². The number of hydrogen-bond acceptors (Lipinski definition) is 5. The lowest BCUT2D eigenvalue weighted by atomic mass is 10.1. The zero-order chi connectivity index (χ0) is 18.9. The van der Waals surface area contributed by atoms with E-state index in [0.29, 0.717) is 28.1 Å². The highest BCUT2D eigenvalue weighted by molar-refractivity contribution is 9.10. The van der Waals surface area contributed by atoms with Gasteiger partial charge < -0.3 is 14.6 Å². The number of carbonyl (C=O) groups is 1. The summed E-state index contributed by atoms with van der Waals surface area (Å²) in [5.41, 5.74) is 4.12. The highest BCUT2D eigenvalue weighted by Crippen LogP contribution is 2.35. The maximum atomic E-state index is 11.9. The number of phenolic OH excluding ortho intramolecular Hbond substituents is 1. The maximum Gasteiger partial charge on any atom is 0.277 e. The molecule has 0 heterocycles. The van der Waals surface area contributed by atoms with Crippen LogP contribution in [0.25, 0.3) is 0 Å². The molecule has 2 N–H and O–H groups in total. The number of phenols is 1. The number of para-hydroxylation sites is 1. The molecule has 0 spiro atoms. The van der Waals surface area contributed by atoms with Crippen LogP contribution in [-0.4, -0.2) is 30.4 Å². The summed E-state index contributed by atoms with van der Waals surface area (Å²) < 4.78 is 11.4. The van der Waals surface area contributed by atoms with E-state index in [9.17, 15) is 9.90 Å². The van der Waals surface area contributed by atoms with Gasteiger partial charge in [-0.05, 0) is 58.6 Å². The molecule has 0 saturated carbocycles. The first-order valence-corrected chi connectivity index (χ1v) is 9.02. The Morgan fingerprint density at radius 2 is 2.00 bits per heavy atom. The van der Waals surface area contributed by atoms with Crippen LogP contribution >= 0.6 is 15.9 Å². The summed E-state index contributed by atoms with van der Waals surface area (Å²) >= 11 is 3.25. The van der Waals surface area contributed by atoms with Gasteiger partial charge in [-0.1, -0.05) is 25.1 Å². The second-order valence-corrected chi connectivity index (χ2v) is 6.18. The molecule has 0 aliphatic rings. The number of benzene rings is 2. The fourth-order valence-electron chi connectivity index (χ4n) is 2.22. The van der Waals surface area contributed by atoms with E-state index < -0.39 is 0 Å². The molecule has 0 aliphatic heterocycles. The average Bonchev–Trinajstić information content (AvgIpc) is 2.64. The molecule has 0 fully saturated rings. The van der Waals surface area contributed by atoms with Crippen LogP contribution in [-0.2, 0) is 11.2 Å². The molecule has 1 amide bonds. The highest BCUT2D eigenvalue weighted by atomic mass is 79.9. The lowest BCUT2D eigenvalue weighted by molar-refractivity contribution is -0.123. The number of rotatable bonds is 8. The summed E-state index contributed by atoms with van der Waals surface area (Å²) in [6.07, 6.45) is 2.29. The van der Waals surface area contributed by atoms with Gasteiger partial charge in [-0.25, -0.2) is 5.43 Å². The van der Waals surface area contributed by atoms with E-state index in [1.807, 2.05) is 38.1 Å². The van der Waals surface area contributed by atoms with Crippen LogP contribution in [0.15, 0.2) is 46.0 Å². The first-order chi connectivity index (χ1) is 12.5. The predicted octanol–water partition coefficient (Wildman–Crippen LogP) is 3.64. The Labute approximate surface area is 161 Å². The van der Waals surface area contributed by atoms with Crippen LogP contribution in [0.5, 0.6) is 17.2 Å². The Morgan fingerprint density at radius 3 is 2.73 bits per heavy atom. The summed E-state index contributed by atoms with van der Waals surface area (Å²) in [6.45, 7) is 4.15. The van der Waals surface area contributed by atoms with Gasteiger partial charge >= 0.3 is 0 Å². The molecule has 7 heteroatoms. The summed E-state index contributed by atoms with van der Waals surface area (Å²) in [4.78, 5) is 11.9. The zero-order valence-electron chi connectivity index (χ0n) is 14.7. The maximum absolute atomic E-state index is 11.9. The van der Waals surface area contributed by atoms with Crippen molar-refractivity contribution in [3.05, 3.63) is 52.0 Å². The third kappa shape index (κ3) is 5.49. The van der Waals surface area contributed by atoms with Gasteiger partial charge in [0.15, 0.2) is 18.1 Å². The van der Waals surface area contributed by atoms with Gasteiger partial charge in [0, 0.05) is 0 Å². The van der Waals surface area contributed by atoms with E-state index in [2.05, 4.69) is 26.5 Å². The van der Waals surface area contributed by atoms with Crippen molar-refractivity contribution < 1.29 is 19.4 Å². The number of halogens is 1. The number of amides is 1. The predicted molar refractivity (Wildman–Crippen MR) is 104 cm³/mol. The van der Waals surface area contributed by atoms with Crippen molar-refractivity contribution in [1.82, 2.24) is 5.43 Å². The highest BCUT2D eigenvalue weighted by Gasteiger charge is 2.09. The van der Waals surface area contributed by atoms with Crippen molar-refractivity contribution in [3.63, 3.8) is 0 Å². The monoisotopic (exact) mass is 420 g/mol. The van der Waals surface area contributed by atoms with Crippen molar-refractivity contribution in [2.45, 2.75) is 20.3 Å². The SMILES string of the molecule is CCOc1cc(/C=N/NC(=O)COc2ccccc2CC)cc(Br)c1O. The number of ether oxygens (including phenoxy) is 2. The minimum atomic E-state index is -0.366. The molecule has 0 atom stereocenters. The Balaban J connectivity index is 1.92. The molecule has 2 rings (SSSR count). The molecule has 0 unspecified atom stereocenters. The molecule has 2 aromatic rings. The third-order valence-corrected chi connectivity index (χ3v) is 4.07. The first kappa shape index (κ1) is 19.8. The lowest BCUT2D eigenvalue weighted by Crippen LogP contribution is -2.24. The van der Waals surface area contributed by atoms with E-state index >= 15 is 0 Å².